The highest BCUT2D eigenvalue weighted by Gasteiger charge is 2.23. The van der Waals surface area contributed by atoms with E-state index < -0.39 is 0 Å². The Balaban J connectivity index is 1.31. The first-order valence-electron chi connectivity index (χ1n) is 12.4. The van der Waals surface area contributed by atoms with Crippen LogP contribution in [0.25, 0.3) is 0 Å². The Bertz CT molecular complexity index is 1170. The molecule has 190 valence electrons. The van der Waals surface area contributed by atoms with Crippen LogP contribution in [-0.4, -0.2) is 73.3 Å². The molecule has 0 saturated carbocycles. The first kappa shape index (κ1) is 24.1. The molecule has 1 saturated heterocycles. The second kappa shape index (κ2) is 11.0. The quantitative estimate of drug-likeness (QED) is 0.487. The van der Waals surface area contributed by atoms with Crippen LogP contribution in [0.2, 0.25) is 0 Å². The summed E-state index contributed by atoms with van der Waals surface area (Å²) in [5.41, 5.74) is 2.86. The number of anilines is 2. The van der Waals surface area contributed by atoms with Crippen LogP contribution in [0.15, 0.2) is 48.8 Å². The van der Waals surface area contributed by atoms with E-state index in [1.54, 1.807) is 7.11 Å². The molecule has 0 radical (unpaired) electrons. The Morgan fingerprint density at radius 3 is 2.67 bits per heavy atom. The lowest BCUT2D eigenvalue weighted by Crippen LogP contribution is -2.45. The standard InChI is InChI=1S/C27H34N6O3/c1-19(20-7-5-4-6-8-20)31-26-25-27(30-18-29-26)36-22-16-24(23(34-3)15-21(22)17-28-25)35-14-13-33-11-9-32(2)10-12-33/h4-8,15-16,18-19,28H,9-14,17H2,1-3H3,(H,29,30,31)/t19-/m1/s1. The Hall–Kier alpha value is -3.56. The van der Waals surface area contributed by atoms with E-state index in [1.165, 1.54) is 11.9 Å². The molecule has 1 aromatic heterocycles. The van der Waals surface area contributed by atoms with Gasteiger partial charge in [-0.25, -0.2) is 4.98 Å². The summed E-state index contributed by atoms with van der Waals surface area (Å²) in [6.07, 6.45) is 1.52. The van der Waals surface area contributed by atoms with E-state index in [0.717, 1.165) is 44.0 Å². The van der Waals surface area contributed by atoms with Crippen molar-refractivity contribution in [3.63, 3.8) is 0 Å². The predicted octanol–water partition coefficient (Wildman–Crippen LogP) is 4.00. The predicted molar refractivity (Wildman–Crippen MR) is 140 cm³/mol. The molecular formula is C27H34N6O3. The van der Waals surface area contributed by atoms with E-state index in [1.807, 2.05) is 30.3 Å². The molecule has 1 atom stereocenters. The van der Waals surface area contributed by atoms with E-state index in [-0.39, 0.29) is 6.04 Å². The average Bonchev–Trinajstić information content (AvgIpc) is 3.09. The van der Waals surface area contributed by atoms with Gasteiger partial charge in [0.05, 0.1) is 13.2 Å². The number of aromatic nitrogens is 2. The van der Waals surface area contributed by atoms with Crippen molar-refractivity contribution >= 4 is 11.5 Å². The summed E-state index contributed by atoms with van der Waals surface area (Å²) in [7, 11) is 3.82. The number of benzene rings is 2. The molecule has 0 bridgehead atoms. The van der Waals surface area contributed by atoms with Crippen molar-refractivity contribution in [1.82, 2.24) is 19.8 Å². The van der Waals surface area contributed by atoms with Gasteiger partial charge < -0.3 is 29.7 Å². The number of nitrogens with one attached hydrogen (secondary N) is 2. The molecular weight excluding hydrogens is 456 g/mol. The second-order valence-corrected chi connectivity index (χ2v) is 9.24. The van der Waals surface area contributed by atoms with Crippen LogP contribution in [0.1, 0.15) is 24.1 Å². The van der Waals surface area contributed by atoms with Gasteiger partial charge in [0.15, 0.2) is 17.3 Å². The lowest BCUT2D eigenvalue weighted by Gasteiger charge is -2.32. The van der Waals surface area contributed by atoms with Gasteiger partial charge in [0, 0.05) is 50.9 Å². The van der Waals surface area contributed by atoms with Crippen LogP contribution in [-0.2, 0) is 6.54 Å². The van der Waals surface area contributed by atoms with Gasteiger partial charge in [-0.3, -0.25) is 4.90 Å². The zero-order valence-electron chi connectivity index (χ0n) is 21.2. The molecule has 0 spiro atoms. The molecule has 0 unspecified atom stereocenters. The summed E-state index contributed by atoms with van der Waals surface area (Å²) in [5, 5.41) is 6.93. The molecule has 5 rings (SSSR count). The molecule has 2 aromatic carbocycles. The number of rotatable bonds is 8. The summed E-state index contributed by atoms with van der Waals surface area (Å²) < 4.78 is 18.1. The fourth-order valence-corrected chi connectivity index (χ4v) is 4.48. The molecule has 3 aromatic rings. The third kappa shape index (κ3) is 5.47. The van der Waals surface area contributed by atoms with Crippen LogP contribution in [0.5, 0.6) is 23.1 Å². The van der Waals surface area contributed by atoms with Gasteiger partial charge in [-0.2, -0.15) is 4.98 Å². The zero-order chi connectivity index (χ0) is 24.9. The van der Waals surface area contributed by atoms with Crippen molar-refractivity contribution in [3.05, 3.63) is 59.9 Å². The average molecular weight is 491 g/mol. The summed E-state index contributed by atoms with van der Waals surface area (Å²) >= 11 is 0. The van der Waals surface area contributed by atoms with E-state index in [4.69, 9.17) is 14.2 Å². The van der Waals surface area contributed by atoms with Gasteiger partial charge in [-0.05, 0) is 25.6 Å². The summed E-state index contributed by atoms with van der Waals surface area (Å²) in [6.45, 7) is 8.41. The fraction of sp³-hybridized carbons (Fsp3) is 0.407. The molecule has 9 nitrogen and oxygen atoms in total. The SMILES string of the molecule is COc1cc2c(cc1OCCN1CCN(C)CC1)Oc1ncnc(N[C@H](C)c3ccccc3)c1NC2. The van der Waals surface area contributed by atoms with Crippen LogP contribution in [0.3, 0.4) is 0 Å². The van der Waals surface area contributed by atoms with E-state index in [0.29, 0.717) is 42.1 Å². The topological polar surface area (TPSA) is 84.0 Å². The number of methoxy groups -OCH3 is 1. The number of hydrogen-bond acceptors (Lipinski definition) is 9. The van der Waals surface area contributed by atoms with Crippen molar-refractivity contribution in [2.24, 2.45) is 0 Å². The smallest absolute Gasteiger partial charge is 0.248 e. The van der Waals surface area contributed by atoms with Crippen molar-refractivity contribution in [2.75, 3.05) is 64.1 Å². The van der Waals surface area contributed by atoms with Gasteiger partial charge in [-0.1, -0.05) is 30.3 Å². The van der Waals surface area contributed by atoms with E-state index in [9.17, 15) is 0 Å². The Kier molecular flexibility index (Phi) is 7.39. The maximum atomic E-state index is 6.27. The summed E-state index contributed by atoms with van der Waals surface area (Å²) in [5.74, 6) is 3.21. The molecule has 2 aliphatic rings. The summed E-state index contributed by atoms with van der Waals surface area (Å²) in [4.78, 5) is 13.7. The minimum Gasteiger partial charge on any atom is -0.493 e. The van der Waals surface area contributed by atoms with Crippen LogP contribution in [0.4, 0.5) is 11.5 Å². The van der Waals surface area contributed by atoms with Crippen LogP contribution < -0.4 is 24.8 Å². The highest BCUT2D eigenvalue weighted by molar-refractivity contribution is 5.72. The maximum Gasteiger partial charge on any atom is 0.248 e. The minimum absolute atomic E-state index is 0.0676. The molecule has 0 aliphatic carbocycles. The van der Waals surface area contributed by atoms with Crippen LogP contribution in [0, 0.1) is 0 Å². The lowest BCUT2D eigenvalue weighted by atomic mass is 10.1. The molecule has 3 heterocycles. The Morgan fingerprint density at radius 1 is 1.08 bits per heavy atom. The number of piperazine rings is 1. The molecule has 0 amide bonds. The Labute approximate surface area is 212 Å². The first-order chi connectivity index (χ1) is 17.6. The van der Waals surface area contributed by atoms with Crippen molar-refractivity contribution < 1.29 is 14.2 Å². The molecule has 9 heteroatoms. The third-order valence-electron chi connectivity index (χ3n) is 6.74. The largest absolute Gasteiger partial charge is 0.493 e. The molecule has 2 aliphatic heterocycles. The van der Waals surface area contributed by atoms with Gasteiger partial charge in [0.2, 0.25) is 5.88 Å². The highest BCUT2D eigenvalue weighted by Crippen LogP contribution is 2.42. The number of ether oxygens (including phenoxy) is 3. The van der Waals surface area contributed by atoms with Gasteiger partial charge in [0.1, 0.15) is 24.4 Å². The first-order valence-corrected chi connectivity index (χ1v) is 12.4. The third-order valence-corrected chi connectivity index (χ3v) is 6.74. The monoisotopic (exact) mass is 490 g/mol. The van der Waals surface area contributed by atoms with Crippen molar-refractivity contribution in [1.29, 1.82) is 0 Å². The number of likely N-dealkylation sites (N-methyl/N-ethyl adjacent to an activating group) is 1. The number of fused-ring (bicyclic) bond motifs is 2. The summed E-state index contributed by atoms with van der Waals surface area (Å²) in [6, 6.07) is 14.2. The van der Waals surface area contributed by atoms with Gasteiger partial charge in [0.25, 0.3) is 0 Å². The molecule has 1 fully saturated rings. The van der Waals surface area contributed by atoms with Gasteiger partial charge >= 0.3 is 0 Å². The second-order valence-electron chi connectivity index (χ2n) is 9.24. The van der Waals surface area contributed by atoms with Crippen LogP contribution >= 0.6 is 0 Å². The Morgan fingerprint density at radius 2 is 1.89 bits per heavy atom. The van der Waals surface area contributed by atoms with Crippen molar-refractivity contribution in [3.8, 4) is 23.1 Å². The maximum absolute atomic E-state index is 6.27. The number of hydrogen-bond donors (Lipinski definition) is 2. The molecule has 36 heavy (non-hydrogen) atoms. The zero-order valence-corrected chi connectivity index (χ0v) is 21.2. The number of nitrogens with zero attached hydrogens (tertiary/aromatic N) is 4. The molecule has 2 N–H and O–H groups in total. The highest BCUT2D eigenvalue weighted by atomic mass is 16.5. The van der Waals surface area contributed by atoms with E-state index >= 15 is 0 Å². The van der Waals surface area contributed by atoms with Crippen molar-refractivity contribution in [2.45, 2.75) is 19.5 Å². The minimum atomic E-state index is 0.0676. The normalized spacial score (nSPS) is 16.5. The van der Waals surface area contributed by atoms with E-state index in [2.05, 4.69) is 56.5 Å². The van der Waals surface area contributed by atoms with Gasteiger partial charge in [-0.15, -0.1) is 0 Å². The lowest BCUT2D eigenvalue weighted by molar-refractivity contribution is 0.132. The fourth-order valence-electron chi connectivity index (χ4n) is 4.48.